The average molecular weight is 453 g/mol. The lowest BCUT2D eigenvalue weighted by atomic mass is 10.0. The fraction of sp³-hybridized carbons (Fsp3) is 0.125. The molecule has 0 aliphatic carbocycles. The summed E-state index contributed by atoms with van der Waals surface area (Å²) in [5.74, 6) is 0.638. The minimum atomic E-state index is -3.38. The summed E-state index contributed by atoms with van der Waals surface area (Å²) in [4.78, 5) is 4.43. The zero-order chi connectivity index (χ0) is 22.7. The number of nitrogens with one attached hydrogen (secondary N) is 1. The summed E-state index contributed by atoms with van der Waals surface area (Å²) < 4.78 is 49.2. The summed E-state index contributed by atoms with van der Waals surface area (Å²) >= 11 is 0. The maximum Gasteiger partial charge on any atom is 0.299 e. The second kappa shape index (κ2) is 8.84. The molecule has 6 nitrogen and oxygen atoms in total. The number of sulfone groups is 1. The summed E-state index contributed by atoms with van der Waals surface area (Å²) in [6, 6.07) is 18.6. The van der Waals surface area contributed by atoms with Gasteiger partial charge < -0.3 is 14.5 Å². The molecule has 0 bridgehead atoms. The number of methoxy groups -OCH3 is 1. The monoisotopic (exact) mass is 452 g/mol. The van der Waals surface area contributed by atoms with Crippen LogP contribution in [0.5, 0.6) is 5.75 Å². The first-order chi connectivity index (χ1) is 15.4. The molecule has 164 valence electrons. The molecule has 1 N–H and O–H groups in total. The number of nitrogens with zero attached hydrogens (tertiary/aromatic N) is 1. The number of halogens is 1. The van der Waals surface area contributed by atoms with E-state index >= 15 is 0 Å². The topological polar surface area (TPSA) is 81.4 Å². The molecule has 4 aromatic rings. The molecule has 3 aromatic carbocycles. The van der Waals surface area contributed by atoms with Crippen molar-refractivity contribution in [1.29, 1.82) is 0 Å². The van der Waals surface area contributed by atoms with Crippen LogP contribution < -0.4 is 10.1 Å². The molecule has 0 atom stereocenters. The van der Waals surface area contributed by atoms with Crippen LogP contribution in [0, 0.1) is 5.82 Å². The summed E-state index contributed by atoms with van der Waals surface area (Å²) in [5, 5.41) is 2.99. The van der Waals surface area contributed by atoms with Crippen molar-refractivity contribution in [3.8, 4) is 28.2 Å². The van der Waals surface area contributed by atoms with Gasteiger partial charge in [-0.2, -0.15) is 0 Å². The third-order valence-corrected chi connectivity index (χ3v) is 6.69. The van der Waals surface area contributed by atoms with Crippen LogP contribution in [0.2, 0.25) is 0 Å². The van der Waals surface area contributed by atoms with Gasteiger partial charge in [0.25, 0.3) is 6.01 Å². The second-order valence-electron chi connectivity index (χ2n) is 7.01. The number of ether oxygens (including phenoxy) is 1. The molecule has 0 saturated heterocycles. The quantitative estimate of drug-likeness (QED) is 0.388. The molecule has 0 amide bonds. The molecule has 8 heteroatoms. The van der Waals surface area contributed by atoms with Crippen molar-refractivity contribution in [2.45, 2.75) is 11.8 Å². The highest BCUT2D eigenvalue weighted by molar-refractivity contribution is 7.91. The Morgan fingerprint density at radius 3 is 2.44 bits per heavy atom. The Labute approximate surface area is 185 Å². The Kier molecular flexibility index (Phi) is 5.96. The van der Waals surface area contributed by atoms with Crippen LogP contribution in [0.25, 0.3) is 22.5 Å². The van der Waals surface area contributed by atoms with Gasteiger partial charge in [0.05, 0.1) is 29.6 Å². The molecule has 0 unspecified atom stereocenters. The summed E-state index contributed by atoms with van der Waals surface area (Å²) in [6.07, 6.45) is 1.56. The van der Waals surface area contributed by atoms with Crippen LogP contribution >= 0.6 is 0 Å². The molecule has 1 heterocycles. The van der Waals surface area contributed by atoms with Gasteiger partial charge in [0.2, 0.25) is 0 Å². The molecule has 4 rings (SSSR count). The molecule has 1 aromatic heterocycles. The largest absolute Gasteiger partial charge is 0.495 e. The summed E-state index contributed by atoms with van der Waals surface area (Å²) in [7, 11) is -1.89. The molecule has 0 saturated carbocycles. The van der Waals surface area contributed by atoms with Crippen LogP contribution in [0.4, 0.5) is 16.1 Å². The number of anilines is 2. The minimum Gasteiger partial charge on any atom is -0.495 e. The highest BCUT2D eigenvalue weighted by Crippen LogP contribution is 2.33. The van der Waals surface area contributed by atoms with Gasteiger partial charge in [-0.15, -0.1) is 0 Å². The maximum atomic E-state index is 13.6. The van der Waals surface area contributed by atoms with Gasteiger partial charge in [0.1, 0.15) is 11.6 Å². The molecule has 32 heavy (non-hydrogen) atoms. The Bertz CT molecular complexity index is 1370. The van der Waals surface area contributed by atoms with Crippen LogP contribution in [-0.2, 0) is 9.84 Å². The Morgan fingerprint density at radius 1 is 1.00 bits per heavy atom. The number of hydrogen-bond acceptors (Lipinski definition) is 6. The van der Waals surface area contributed by atoms with E-state index in [9.17, 15) is 12.8 Å². The van der Waals surface area contributed by atoms with Crippen LogP contribution in [0.1, 0.15) is 6.92 Å². The van der Waals surface area contributed by atoms with E-state index in [2.05, 4.69) is 10.3 Å². The van der Waals surface area contributed by atoms with Gasteiger partial charge >= 0.3 is 0 Å². The van der Waals surface area contributed by atoms with Crippen molar-refractivity contribution in [1.82, 2.24) is 4.98 Å². The highest BCUT2D eigenvalue weighted by Gasteiger charge is 2.16. The van der Waals surface area contributed by atoms with Crippen LogP contribution in [-0.4, -0.2) is 26.3 Å². The number of aromatic nitrogens is 1. The molecular weight excluding hydrogens is 431 g/mol. The smallest absolute Gasteiger partial charge is 0.299 e. The van der Waals surface area contributed by atoms with Gasteiger partial charge in [0.15, 0.2) is 15.6 Å². The van der Waals surface area contributed by atoms with Gasteiger partial charge in [-0.3, -0.25) is 0 Å². The van der Waals surface area contributed by atoms with Crippen molar-refractivity contribution in [2.75, 3.05) is 18.2 Å². The van der Waals surface area contributed by atoms with Gasteiger partial charge in [-0.05, 0) is 47.5 Å². The van der Waals surface area contributed by atoms with Crippen molar-refractivity contribution in [2.24, 2.45) is 0 Å². The van der Waals surface area contributed by atoms with Gasteiger partial charge in [-0.25, -0.2) is 17.8 Å². The lowest BCUT2D eigenvalue weighted by Gasteiger charge is -2.11. The lowest BCUT2D eigenvalue weighted by Crippen LogP contribution is -2.05. The molecule has 0 radical (unpaired) electrons. The second-order valence-corrected chi connectivity index (χ2v) is 9.29. The molecule has 0 aliphatic heterocycles. The van der Waals surface area contributed by atoms with Crippen molar-refractivity contribution in [3.05, 3.63) is 78.7 Å². The van der Waals surface area contributed by atoms with Crippen molar-refractivity contribution < 1.29 is 22.0 Å². The van der Waals surface area contributed by atoms with E-state index in [1.165, 1.54) is 31.4 Å². The van der Waals surface area contributed by atoms with E-state index in [0.29, 0.717) is 17.2 Å². The fourth-order valence-electron chi connectivity index (χ4n) is 3.25. The fourth-order valence-corrected chi connectivity index (χ4v) is 4.15. The van der Waals surface area contributed by atoms with Crippen molar-refractivity contribution in [3.63, 3.8) is 0 Å². The first kappa shape index (κ1) is 21.6. The minimum absolute atomic E-state index is 0.0103. The predicted molar refractivity (Wildman–Crippen MR) is 121 cm³/mol. The SMILES string of the molecule is CCS(=O)(=O)c1ccc(OC)c(Nc2ncc(-c3cccc(-c4cccc(F)c4)c3)o2)c1. The Balaban J connectivity index is 1.63. The zero-order valence-corrected chi connectivity index (χ0v) is 18.3. The van der Waals surface area contributed by atoms with E-state index in [-0.39, 0.29) is 22.5 Å². The molecule has 0 fully saturated rings. The van der Waals surface area contributed by atoms with E-state index < -0.39 is 9.84 Å². The number of oxazole rings is 1. The van der Waals surface area contributed by atoms with Crippen LogP contribution in [0.3, 0.4) is 0 Å². The first-order valence-electron chi connectivity index (χ1n) is 9.89. The highest BCUT2D eigenvalue weighted by atomic mass is 32.2. The normalized spacial score (nSPS) is 11.3. The summed E-state index contributed by atoms with van der Waals surface area (Å²) in [5.41, 5.74) is 2.78. The van der Waals surface area contributed by atoms with E-state index in [4.69, 9.17) is 9.15 Å². The number of rotatable bonds is 7. The third kappa shape index (κ3) is 4.50. The van der Waals surface area contributed by atoms with Gasteiger partial charge in [0, 0.05) is 5.56 Å². The Morgan fingerprint density at radius 2 is 1.72 bits per heavy atom. The standard InChI is InChI=1S/C24H21FN2O4S/c1-3-32(28,29)20-10-11-22(30-2)21(14-20)27-24-26-15-23(31-24)18-8-4-6-16(12-18)17-7-5-9-19(25)13-17/h4-15H,3H2,1-2H3,(H,26,27). The van der Waals surface area contributed by atoms with Crippen molar-refractivity contribution >= 4 is 21.5 Å². The first-order valence-corrected chi connectivity index (χ1v) is 11.5. The predicted octanol–water partition coefficient (Wildman–Crippen LogP) is 5.69. The zero-order valence-electron chi connectivity index (χ0n) is 17.5. The van der Waals surface area contributed by atoms with Gasteiger partial charge in [-0.1, -0.05) is 37.3 Å². The summed E-state index contributed by atoms with van der Waals surface area (Å²) in [6.45, 7) is 1.59. The number of benzene rings is 3. The van der Waals surface area contributed by atoms with E-state index in [0.717, 1.165) is 16.7 Å². The van der Waals surface area contributed by atoms with E-state index in [1.54, 1.807) is 25.3 Å². The van der Waals surface area contributed by atoms with Crippen LogP contribution in [0.15, 0.2) is 82.2 Å². The maximum absolute atomic E-state index is 13.6. The van der Waals surface area contributed by atoms with E-state index in [1.807, 2.05) is 30.3 Å². The molecule has 0 aliphatic rings. The lowest BCUT2D eigenvalue weighted by molar-refractivity contribution is 0.416. The number of hydrogen-bond donors (Lipinski definition) is 1. The molecular formula is C24H21FN2O4S. The Hall–Kier alpha value is -3.65. The average Bonchev–Trinajstić information content (AvgIpc) is 3.27. The third-order valence-electron chi connectivity index (χ3n) is 4.96. The molecule has 0 spiro atoms.